The highest BCUT2D eigenvalue weighted by Gasteiger charge is 2.31. The smallest absolute Gasteiger partial charge is 0.416 e. The second-order valence-corrected chi connectivity index (χ2v) is 12.6. The first-order valence-electron chi connectivity index (χ1n) is 13.2. The predicted molar refractivity (Wildman–Crippen MR) is 153 cm³/mol. The van der Waals surface area contributed by atoms with Crippen molar-refractivity contribution in [3.63, 3.8) is 0 Å². The van der Waals surface area contributed by atoms with E-state index < -0.39 is 38.5 Å². The molecule has 4 aromatic rings. The number of hydrogen-bond acceptors (Lipinski definition) is 7. The van der Waals surface area contributed by atoms with E-state index in [4.69, 9.17) is 16.3 Å². The van der Waals surface area contributed by atoms with E-state index in [0.717, 1.165) is 25.0 Å². The van der Waals surface area contributed by atoms with Gasteiger partial charge in [0.05, 0.1) is 21.4 Å². The number of sulfone groups is 1. The Balaban J connectivity index is 1.25. The predicted octanol–water partition coefficient (Wildman–Crippen LogP) is 6.11. The second-order valence-electron chi connectivity index (χ2n) is 9.93. The zero-order chi connectivity index (χ0) is 29.9. The molecule has 222 valence electrons. The van der Waals surface area contributed by atoms with E-state index in [1.54, 1.807) is 24.4 Å². The third-order valence-corrected chi connectivity index (χ3v) is 9.40. The molecule has 1 fully saturated rings. The second kappa shape index (κ2) is 12.2. The Labute approximate surface area is 245 Å². The number of nitrogens with zero attached hydrogens (tertiary/aromatic N) is 3. The van der Waals surface area contributed by atoms with Gasteiger partial charge in [-0.2, -0.15) is 13.2 Å². The first-order chi connectivity index (χ1) is 20.0. The molecule has 0 bridgehead atoms. The fourth-order valence-electron chi connectivity index (χ4n) is 4.89. The zero-order valence-corrected chi connectivity index (χ0v) is 23.8. The van der Waals surface area contributed by atoms with Crippen molar-refractivity contribution in [3.8, 4) is 11.5 Å². The van der Waals surface area contributed by atoms with E-state index in [1.165, 1.54) is 24.5 Å². The van der Waals surface area contributed by atoms with E-state index in [0.29, 0.717) is 41.9 Å². The summed E-state index contributed by atoms with van der Waals surface area (Å²) in [5, 5.41) is 5.58. The molecule has 0 spiro atoms. The molecule has 42 heavy (non-hydrogen) atoms. The highest BCUT2D eigenvalue weighted by molar-refractivity contribution is 7.92. The van der Waals surface area contributed by atoms with Crippen molar-refractivity contribution in [1.82, 2.24) is 19.9 Å². The van der Waals surface area contributed by atoms with Crippen LogP contribution < -0.4 is 15.4 Å². The monoisotopic (exact) mass is 621 g/mol. The number of hydrogen-bond donors (Lipinski definition) is 2. The molecule has 0 atom stereocenters. The van der Waals surface area contributed by atoms with Crippen LogP contribution in [0.2, 0.25) is 5.02 Å². The van der Waals surface area contributed by atoms with E-state index in [2.05, 4.69) is 20.6 Å². The lowest BCUT2D eigenvalue weighted by Crippen LogP contribution is -2.35. The Morgan fingerprint density at radius 2 is 1.88 bits per heavy atom. The number of amides is 1. The van der Waals surface area contributed by atoms with Crippen LogP contribution in [0.15, 0.2) is 61.1 Å². The van der Waals surface area contributed by atoms with Crippen LogP contribution in [-0.4, -0.2) is 46.4 Å². The highest BCUT2D eigenvalue weighted by atomic mass is 35.5. The Morgan fingerprint density at radius 3 is 2.62 bits per heavy atom. The summed E-state index contributed by atoms with van der Waals surface area (Å²) in [6.07, 6.45) is 1.62. The number of rotatable bonds is 10. The average molecular weight is 622 g/mol. The molecule has 0 aliphatic heterocycles. The van der Waals surface area contributed by atoms with Crippen molar-refractivity contribution < 1.29 is 31.1 Å². The number of aromatic nitrogens is 3. The molecule has 0 radical (unpaired) electrons. The van der Waals surface area contributed by atoms with Crippen LogP contribution in [0.25, 0.3) is 11.0 Å². The zero-order valence-electron chi connectivity index (χ0n) is 22.2. The summed E-state index contributed by atoms with van der Waals surface area (Å²) >= 11 is 6.38. The van der Waals surface area contributed by atoms with Gasteiger partial charge in [0.15, 0.2) is 15.7 Å². The van der Waals surface area contributed by atoms with Crippen LogP contribution in [0.4, 0.5) is 24.7 Å². The lowest BCUT2D eigenvalue weighted by atomic mass is 10.2. The topological polar surface area (TPSA) is 115 Å². The molecule has 1 amide bonds. The minimum absolute atomic E-state index is 0.00834. The lowest BCUT2D eigenvalue weighted by molar-refractivity contribution is -0.137. The summed E-state index contributed by atoms with van der Waals surface area (Å²) in [5.74, 6) is -0.443. The molecule has 2 heterocycles. The van der Waals surface area contributed by atoms with Gasteiger partial charge >= 0.3 is 6.18 Å². The molecule has 1 aliphatic carbocycles. The number of carbonyl (C=O) groups excluding carboxylic acids is 1. The fraction of sp³-hybridized carbons (Fsp3) is 0.321. The van der Waals surface area contributed by atoms with Gasteiger partial charge in [0.2, 0.25) is 5.91 Å². The Kier molecular flexibility index (Phi) is 8.60. The third-order valence-electron chi connectivity index (χ3n) is 6.95. The Bertz CT molecular complexity index is 1710. The molecule has 9 nitrogen and oxygen atoms in total. The van der Waals surface area contributed by atoms with Crippen molar-refractivity contribution in [1.29, 1.82) is 0 Å². The fourth-order valence-corrected chi connectivity index (χ4v) is 6.86. The molecular weight excluding hydrogens is 595 g/mol. The molecule has 2 aromatic heterocycles. The van der Waals surface area contributed by atoms with Gasteiger partial charge in [0, 0.05) is 25.0 Å². The van der Waals surface area contributed by atoms with E-state index in [1.807, 2.05) is 4.57 Å². The summed E-state index contributed by atoms with van der Waals surface area (Å²) < 4.78 is 71.5. The molecular formula is C28H27ClF3N5O4S. The van der Waals surface area contributed by atoms with Crippen LogP contribution in [0.3, 0.4) is 0 Å². The van der Waals surface area contributed by atoms with Crippen LogP contribution in [-0.2, 0) is 27.4 Å². The first-order valence-corrected chi connectivity index (χ1v) is 15.3. The highest BCUT2D eigenvalue weighted by Crippen LogP contribution is 2.36. The molecule has 1 saturated carbocycles. The Hall–Kier alpha value is -3.84. The molecule has 2 N–H and O–H groups in total. The van der Waals surface area contributed by atoms with Gasteiger partial charge in [-0.3, -0.25) is 4.79 Å². The summed E-state index contributed by atoms with van der Waals surface area (Å²) in [7, 11) is -3.47. The molecule has 14 heteroatoms. The number of anilines is 2. The maximum atomic E-state index is 13.0. The van der Waals surface area contributed by atoms with Crippen molar-refractivity contribution in [2.75, 3.05) is 17.6 Å². The van der Waals surface area contributed by atoms with Gasteiger partial charge < -0.3 is 19.9 Å². The lowest BCUT2D eigenvalue weighted by Gasteiger charge is -2.14. The van der Waals surface area contributed by atoms with Crippen molar-refractivity contribution in [3.05, 3.63) is 71.6 Å². The number of alkyl halides is 3. The van der Waals surface area contributed by atoms with Crippen LogP contribution in [0.5, 0.6) is 11.5 Å². The van der Waals surface area contributed by atoms with Gasteiger partial charge in [-0.1, -0.05) is 30.5 Å². The van der Waals surface area contributed by atoms with Crippen molar-refractivity contribution in [2.45, 2.75) is 43.7 Å². The number of halogens is 4. The van der Waals surface area contributed by atoms with Crippen LogP contribution in [0.1, 0.15) is 31.2 Å². The van der Waals surface area contributed by atoms with Crippen LogP contribution >= 0.6 is 11.6 Å². The van der Waals surface area contributed by atoms with E-state index in [9.17, 15) is 26.4 Å². The van der Waals surface area contributed by atoms with Gasteiger partial charge in [-0.15, -0.1) is 0 Å². The number of benzene rings is 2. The molecule has 0 unspecified atom stereocenters. The average Bonchev–Trinajstić information content (AvgIpc) is 3.62. The van der Waals surface area contributed by atoms with Gasteiger partial charge in [0.25, 0.3) is 0 Å². The first kappa shape index (κ1) is 29.6. The van der Waals surface area contributed by atoms with Crippen LogP contribution in [0, 0.1) is 0 Å². The Morgan fingerprint density at radius 1 is 1.10 bits per heavy atom. The van der Waals surface area contributed by atoms with Gasteiger partial charge in [-0.25, -0.2) is 18.4 Å². The molecule has 1 aliphatic rings. The number of carbonyl (C=O) groups is 1. The van der Waals surface area contributed by atoms with Gasteiger partial charge in [-0.05, 0) is 55.3 Å². The minimum Gasteiger partial charge on any atom is -0.456 e. The SMILES string of the molecule is O=C(CS(=O)(=O)C1CCCC1)NCCn1ccc2ncnc(Nc3ccc(Oc4cccc(C(F)(F)F)c4)c(Cl)c3)c21. The van der Waals surface area contributed by atoms with E-state index >= 15 is 0 Å². The summed E-state index contributed by atoms with van der Waals surface area (Å²) in [6.45, 7) is 0.538. The van der Waals surface area contributed by atoms with Crippen molar-refractivity contribution >= 4 is 49.9 Å². The number of fused-ring (bicyclic) bond motifs is 1. The normalized spacial score (nSPS) is 14.3. The van der Waals surface area contributed by atoms with Crippen molar-refractivity contribution in [2.24, 2.45) is 0 Å². The summed E-state index contributed by atoms with van der Waals surface area (Å²) in [5.41, 5.74) is 0.984. The molecule has 0 saturated heterocycles. The minimum atomic E-state index is -4.50. The maximum Gasteiger partial charge on any atom is 0.416 e. The molecule has 5 rings (SSSR count). The van der Waals surface area contributed by atoms with Gasteiger partial charge in [0.1, 0.15) is 29.1 Å². The molecule has 2 aromatic carbocycles. The van der Waals surface area contributed by atoms with E-state index in [-0.39, 0.29) is 23.1 Å². The third kappa shape index (κ3) is 6.96. The number of ether oxygens (including phenoxy) is 1. The largest absolute Gasteiger partial charge is 0.456 e. The maximum absolute atomic E-state index is 13.0. The standard InChI is InChI=1S/C28H27ClF3N5O4S/c29-22-15-19(8-9-24(22)41-20-5-3-4-18(14-20)28(30,31)32)36-27-26-23(34-17-35-27)10-12-37(26)13-11-33-25(38)16-42(39,40)21-6-1-2-7-21/h3-5,8-10,12,14-15,17,21H,1-2,6-7,11,13,16H2,(H,33,38)(H,34,35,36). The quantitative estimate of drug-likeness (QED) is 0.219. The summed E-state index contributed by atoms with van der Waals surface area (Å²) in [4.78, 5) is 21.0. The number of nitrogens with one attached hydrogen (secondary N) is 2. The summed E-state index contributed by atoms with van der Waals surface area (Å²) in [6, 6.07) is 11.0.